The van der Waals surface area contributed by atoms with Crippen molar-refractivity contribution in [3.8, 4) is 0 Å². The fourth-order valence-corrected chi connectivity index (χ4v) is 2.10. The summed E-state index contributed by atoms with van der Waals surface area (Å²) < 4.78 is 0.968. The van der Waals surface area contributed by atoms with Crippen LogP contribution in [-0.2, 0) is 24.8 Å². The van der Waals surface area contributed by atoms with Crippen LogP contribution in [0.15, 0.2) is 0 Å². The summed E-state index contributed by atoms with van der Waals surface area (Å²) in [6, 6.07) is 0. The first-order chi connectivity index (χ1) is 4.30. The van der Waals surface area contributed by atoms with E-state index in [0.29, 0.717) is 0 Å². The topological polar surface area (TPSA) is 3.24 Å². The molecule has 1 nitrogen and oxygen atoms in total. The standard InChI is InChI=1S/C5H9NS3.Bi/c7-5(8)6-1-3-9-4-2-6;/h1-4H2,(H,7,8);/q;+3/p+2. The summed E-state index contributed by atoms with van der Waals surface area (Å²) in [4.78, 5) is 2.23. The van der Waals surface area contributed by atoms with Gasteiger partial charge >= 0.3 is 30.5 Å². The summed E-state index contributed by atoms with van der Waals surface area (Å²) in [7, 11) is 0. The van der Waals surface area contributed by atoms with Gasteiger partial charge in [0.05, 0.1) is 12.6 Å². The predicted molar refractivity (Wildman–Crippen MR) is 58.6 cm³/mol. The molecule has 1 aliphatic rings. The summed E-state index contributed by atoms with van der Waals surface area (Å²) in [5.74, 6) is 2.46. The molecule has 10 heavy (non-hydrogen) atoms. The molecule has 0 saturated carbocycles. The van der Waals surface area contributed by atoms with E-state index in [-0.39, 0.29) is 26.2 Å². The minimum absolute atomic E-state index is 0. The van der Waals surface area contributed by atoms with Gasteiger partial charge in [-0.05, 0) is 0 Å². The van der Waals surface area contributed by atoms with Gasteiger partial charge in [-0.3, -0.25) is 0 Å². The van der Waals surface area contributed by atoms with Crippen LogP contribution in [0.4, 0.5) is 0 Å². The smallest absolute Gasteiger partial charge is 0.182 e. The normalized spacial score (nSPS) is 19.7. The van der Waals surface area contributed by atoms with Gasteiger partial charge in [0.15, 0.2) is 0 Å². The Bertz CT molecular complexity index is 113. The van der Waals surface area contributed by atoms with Gasteiger partial charge in [0, 0.05) is 24.6 Å². The minimum atomic E-state index is 0. The molecule has 1 fully saturated rings. The molecule has 0 aliphatic carbocycles. The molecule has 1 rings (SSSR count). The van der Waals surface area contributed by atoms with Crippen LogP contribution in [0.1, 0.15) is 0 Å². The average molecular weight is 390 g/mol. The largest absolute Gasteiger partial charge is 3.00 e. The van der Waals surface area contributed by atoms with Gasteiger partial charge in [-0.1, -0.05) is 0 Å². The van der Waals surface area contributed by atoms with Crippen LogP contribution in [0.5, 0.6) is 0 Å². The molecule has 0 unspecified atom stereocenters. The van der Waals surface area contributed by atoms with Gasteiger partial charge in [-0.15, -0.1) is 0 Å². The molecule has 5 heteroatoms. The molecule has 0 amide bonds. The monoisotopic (exact) mass is 390 g/mol. The quantitative estimate of drug-likeness (QED) is 0.227. The predicted octanol–water partition coefficient (Wildman–Crippen LogP) is -0.968. The van der Waals surface area contributed by atoms with Crippen molar-refractivity contribution >= 4 is 67.1 Å². The molecule has 1 aliphatic heterocycles. The molecule has 0 N–H and O–H groups in total. The van der Waals surface area contributed by atoms with Crippen molar-refractivity contribution in [3.63, 3.8) is 0 Å². The van der Waals surface area contributed by atoms with Crippen molar-refractivity contribution in [2.75, 3.05) is 24.6 Å². The summed E-state index contributed by atoms with van der Waals surface area (Å²) in [5.41, 5.74) is 0. The Kier molecular flexibility index (Phi) is 7.19. The van der Waals surface area contributed by atoms with Crippen molar-refractivity contribution in [3.05, 3.63) is 0 Å². The van der Waals surface area contributed by atoms with Gasteiger partial charge in [0.2, 0.25) is 12.2 Å². The first kappa shape index (κ1) is 11.6. The zero-order valence-corrected chi connectivity index (χ0v) is 11.8. The van der Waals surface area contributed by atoms with Crippen LogP contribution in [0.3, 0.4) is 0 Å². The number of rotatable bonds is 0. The van der Waals surface area contributed by atoms with E-state index >= 15 is 0 Å². The Morgan fingerprint density at radius 2 is 1.90 bits per heavy atom. The molecule has 1 saturated heterocycles. The van der Waals surface area contributed by atoms with Crippen LogP contribution >= 0.6 is 11.8 Å². The SMILES string of the molecule is [Bi+3].[SH+]=C([SH2+])N1CCSCC1. The van der Waals surface area contributed by atoms with Crippen LogP contribution in [0, 0.1) is 0 Å². The number of hydrogen-bond donors (Lipinski definition) is 0. The van der Waals surface area contributed by atoms with Gasteiger partial charge in [-0.2, -0.15) is 16.7 Å². The molecular weight excluding hydrogens is 379 g/mol. The molecule has 0 aromatic carbocycles. The van der Waals surface area contributed by atoms with Crippen LogP contribution in [0.25, 0.3) is 0 Å². The second kappa shape index (κ2) is 6.18. The van der Waals surface area contributed by atoms with E-state index in [0.717, 1.165) is 17.4 Å². The number of thiol groups is 1. The molecule has 0 aromatic heterocycles. The number of hydrogen-bond acceptors (Lipinski definition) is 1. The Balaban J connectivity index is 0.000000810. The maximum Gasteiger partial charge on any atom is 3.00 e. The molecule has 54 valence electrons. The third-order valence-electron chi connectivity index (χ3n) is 1.31. The summed E-state index contributed by atoms with van der Waals surface area (Å²) in [6.07, 6.45) is 0. The number of thioether (sulfide) groups is 1. The van der Waals surface area contributed by atoms with E-state index in [1.165, 1.54) is 11.5 Å². The van der Waals surface area contributed by atoms with Crippen molar-refractivity contribution in [2.45, 2.75) is 0 Å². The zero-order chi connectivity index (χ0) is 6.69. The molecule has 0 spiro atoms. The van der Waals surface area contributed by atoms with Crippen molar-refractivity contribution in [1.29, 1.82) is 0 Å². The van der Waals surface area contributed by atoms with Crippen LogP contribution in [0.2, 0.25) is 0 Å². The second-order valence-electron chi connectivity index (χ2n) is 1.92. The summed E-state index contributed by atoms with van der Waals surface area (Å²) in [6.45, 7) is 2.26. The third kappa shape index (κ3) is 3.86. The van der Waals surface area contributed by atoms with Crippen molar-refractivity contribution < 1.29 is 0 Å². The Labute approximate surface area is 95.8 Å². The molecule has 0 bridgehead atoms. The fraction of sp³-hybridized carbons (Fsp3) is 0.800. The summed E-state index contributed by atoms with van der Waals surface area (Å²) >= 11 is 9.57. The van der Waals surface area contributed by atoms with Crippen LogP contribution in [-0.4, -0.2) is 60.0 Å². The Morgan fingerprint density at radius 1 is 1.40 bits per heavy atom. The van der Waals surface area contributed by atoms with Crippen molar-refractivity contribution in [1.82, 2.24) is 4.90 Å². The Morgan fingerprint density at radius 3 is 2.20 bits per heavy atom. The van der Waals surface area contributed by atoms with Crippen LogP contribution < -0.4 is 0 Å². The van der Waals surface area contributed by atoms with Crippen molar-refractivity contribution in [2.24, 2.45) is 0 Å². The molecular formula is C5H11BiNS3+5. The Hall–Kier alpha value is 1.63. The molecule has 0 atom stereocenters. The van der Waals surface area contributed by atoms with Gasteiger partial charge in [0.1, 0.15) is 0 Å². The van der Waals surface area contributed by atoms with E-state index in [1.807, 2.05) is 11.8 Å². The van der Waals surface area contributed by atoms with Gasteiger partial charge < -0.3 is 0 Å². The third-order valence-corrected chi connectivity index (χ3v) is 2.85. The van der Waals surface area contributed by atoms with E-state index in [9.17, 15) is 0 Å². The maximum atomic E-state index is 4.19. The van der Waals surface area contributed by atoms with E-state index in [2.05, 4.69) is 29.7 Å². The molecule has 0 aromatic rings. The average Bonchev–Trinajstić information content (AvgIpc) is 1.90. The molecule has 1 heterocycles. The number of nitrogens with zero attached hydrogens (tertiary/aromatic N) is 1. The zero-order valence-electron chi connectivity index (χ0n) is 5.58. The first-order valence-corrected chi connectivity index (χ1v) is 5.01. The first-order valence-electron chi connectivity index (χ1n) is 2.91. The molecule has 2 radical (unpaired) electrons. The van der Waals surface area contributed by atoms with E-state index in [4.69, 9.17) is 0 Å². The van der Waals surface area contributed by atoms with Gasteiger partial charge in [0.25, 0.3) is 0 Å². The minimum Gasteiger partial charge on any atom is -0.182 e. The van der Waals surface area contributed by atoms with E-state index < -0.39 is 0 Å². The summed E-state index contributed by atoms with van der Waals surface area (Å²) in [5, 5.41) is 0. The second-order valence-corrected chi connectivity index (χ2v) is 4.47. The van der Waals surface area contributed by atoms with Gasteiger partial charge in [-0.25, -0.2) is 0 Å². The fourth-order valence-electron chi connectivity index (χ4n) is 0.775. The van der Waals surface area contributed by atoms with E-state index in [1.54, 1.807) is 0 Å². The maximum absolute atomic E-state index is 4.19.